The Labute approximate surface area is 122 Å². The summed E-state index contributed by atoms with van der Waals surface area (Å²) < 4.78 is 10.6. The predicted octanol–water partition coefficient (Wildman–Crippen LogP) is 2.00. The van der Waals surface area contributed by atoms with Crippen LogP contribution in [0.4, 0.5) is 11.5 Å². The molecule has 1 heterocycles. The summed E-state index contributed by atoms with van der Waals surface area (Å²) in [6.45, 7) is 1.65. The number of aromatic nitrogens is 1. The van der Waals surface area contributed by atoms with E-state index in [-0.39, 0.29) is 12.5 Å². The molecule has 0 fully saturated rings. The van der Waals surface area contributed by atoms with Crippen LogP contribution < -0.4 is 20.5 Å². The van der Waals surface area contributed by atoms with Gasteiger partial charge in [-0.15, -0.1) is 0 Å². The first-order valence-corrected chi connectivity index (χ1v) is 6.39. The van der Waals surface area contributed by atoms with E-state index in [1.807, 2.05) is 12.1 Å². The van der Waals surface area contributed by atoms with Crippen LogP contribution in [0.2, 0.25) is 0 Å². The number of methoxy groups -OCH3 is 1. The second-order valence-electron chi connectivity index (χ2n) is 4.36. The second-order valence-corrected chi connectivity index (χ2v) is 4.36. The van der Waals surface area contributed by atoms with Gasteiger partial charge in [0, 0.05) is 0 Å². The van der Waals surface area contributed by atoms with Gasteiger partial charge < -0.3 is 20.5 Å². The third kappa shape index (κ3) is 3.85. The van der Waals surface area contributed by atoms with Crippen molar-refractivity contribution in [2.45, 2.75) is 6.92 Å². The lowest BCUT2D eigenvalue weighted by Crippen LogP contribution is -2.21. The van der Waals surface area contributed by atoms with Crippen molar-refractivity contribution in [3.05, 3.63) is 42.1 Å². The third-order valence-corrected chi connectivity index (χ3v) is 2.81. The van der Waals surface area contributed by atoms with Gasteiger partial charge in [0.15, 0.2) is 18.1 Å². The quantitative estimate of drug-likeness (QED) is 0.878. The highest BCUT2D eigenvalue weighted by atomic mass is 16.5. The third-order valence-electron chi connectivity index (χ3n) is 2.81. The Morgan fingerprint density at radius 2 is 1.95 bits per heavy atom. The largest absolute Gasteiger partial charge is 0.493 e. The molecule has 0 aliphatic carbocycles. The molecule has 0 atom stereocenters. The number of carbonyl (C=O) groups excluding carboxylic acids is 1. The molecule has 0 spiro atoms. The van der Waals surface area contributed by atoms with Gasteiger partial charge in [-0.1, -0.05) is 12.1 Å². The average molecular weight is 287 g/mol. The minimum absolute atomic E-state index is 0.121. The van der Waals surface area contributed by atoms with Gasteiger partial charge >= 0.3 is 0 Å². The average Bonchev–Trinajstić information content (AvgIpc) is 2.48. The highest BCUT2D eigenvalue weighted by Gasteiger charge is 2.09. The molecule has 1 aromatic heterocycles. The fourth-order valence-corrected chi connectivity index (χ4v) is 1.78. The fraction of sp³-hybridized carbons (Fsp3) is 0.200. The van der Waals surface area contributed by atoms with Crippen LogP contribution >= 0.6 is 0 Å². The summed E-state index contributed by atoms with van der Waals surface area (Å²) in [5.41, 5.74) is 6.83. The van der Waals surface area contributed by atoms with E-state index in [1.54, 1.807) is 38.3 Å². The van der Waals surface area contributed by atoms with E-state index in [0.717, 1.165) is 0 Å². The van der Waals surface area contributed by atoms with Crippen LogP contribution in [0.25, 0.3) is 0 Å². The molecule has 0 bridgehead atoms. The zero-order chi connectivity index (χ0) is 15.2. The summed E-state index contributed by atoms with van der Waals surface area (Å²) >= 11 is 0. The van der Waals surface area contributed by atoms with Crippen LogP contribution in [-0.4, -0.2) is 24.6 Å². The Balaban J connectivity index is 1.96. The molecule has 0 radical (unpaired) electrons. The van der Waals surface area contributed by atoms with Crippen molar-refractivity contribution in [2.24, 2.45) is 0 Å². The van der Waals surface area contributed by atoms with Gasteiger partial charge in [-0.05, 0) is 31.2 Å². The topological polar surface area (TPSA) is 86.5 Å². The lowest BCUT2D eigenvalue weighted by Gasteiger charge is -2.11. The number of ether oxygens (including phenoxy) is 2. The van der Waals surface area contributed by atoms with Crippen molar-refractivity contribution >= 4 is 17.4 Å². The maximum absolute atomic E-state index is 11.9. The molecule has 3 N–H and O–H groups in total. The molecule has 0 aliphatic rings. The lowest BCUT2D eigenvalue weighted by molar-refractivity contribution is -0.118. The minimum Gasteiger partial charge on any atom is -0.493 e. The molecule has 2 rings (SSSR count). The first-order chi connectivity index (χ1) is 10.1. The first-order valence-electron chi connectivity index (χ1n) is 6.39. The van der Waals surface area contributed by atoms with E-state index < -0.39 is 0 Å². The summed E-state index contributed by atoms with van der Waals surface area (Å²) in [7, 11) is 1.55. The smallest absolute Gasteiger partial charge is 0.262 e. The van der Waals surface area contributed by atoms with E-state index >= 15 is 0 Å². The van der Waals surface area contributed by atoms with Gasteiger partial charge in [-0.2, -0.15) is 0 Å². The van der Waals surface area contributed by atoms with Crippen LogP contribution in [0.15, 0.2) is 36.4 Å². The molecule has 6 nitrogen and oxygen atoms in total. The molecule has 1 amide bonds. The predicted molar refractivity (Wildman–Crippen MR) is 80.5 cm³/mol. The Morgan fingerprint density at radius 1 is 1.24 bits per heavy atom. The Morgan fingerprint density at radius 3 is 2.62 bits per heavy atom. The molecular formula is C15H17N3O3. The van der Waals surface area contributed by atoms with Crippen LogP contribution in [0.3, 0.4) is 0 Å². The summed E-state index contributed by atoms with van der Waals surface area (Å²) in [5.74, 6) is 1.23. The Bertz CT molecular complexity index is 644. The van der Waals surface area contributed by atoms with Gasteiger partial charge in [0.25, 0.3) is 5.91 Å². The van der Waals surface area contributed by atoms with Gasteiger partial charge in [0.05, 0.1) is 18.5 Å². The molecule has 0 saturated carbocycles. The number of nitrogens with two attached hydrogens (primary N) is 1. The zero-order valence-electron chi connectivity index (χ0n) is 11.9. The fourth-order valence-electron chi connectivity index (χ4n) is 1.78. The summed E-state index contributed by atoms with van der Waals surface area (Å²) in [6, 6.07) is 10.5. The number of aryl methyl sites for hydroxylation is 1. The molecular weight excluding hydrogens is 270 g/mol. The summed E-state index contributed by atoms with van der Waals surface area (Å²) in [4.78, 5) is 16.0. The first kappa shape index (κ1) is 14.6. The number of amides is 1. The second kappa shape index (κ2) is 6.60. The monoisotopic (exact) mass is 287 g/mol. The van der Waals surface area contributed by atoms with Crippen molar-refractivity contribution < 1.29 is 14.3 Å². The normalized spacial score (nSPS) is 10.0. The van der Waals surface area contributed by atoms with Gasteiger partial charge in [-0.3, -0.25) is 4.79 Å². The van der Waals surface area contributed by atoms with Crippen LogP contribution in [-0.2, 0) is 4.79 Å². The molecule has 0 unspecified atom stereocenters. The molecule has 0 aliphatic heterocycles. The van der Waals surface area contributed by atoms with Gasteiger partial charge in [-0.25, -0.2) is 4.98 Å². The number of hydrogen-bond acceptors (Lipinski definition) is 5. The van der Waals surface area contributed by atoms with E-state index in [0.29, 0.717) is 28.7 Å². The number of anilines is 2. The van der Waals surface area contributed by atoms with Crippen LogP contribution in [0, 0.1) is 6.92 Å². The number of rotatable bonds is 5. The minimum atomic E-state index is -0.282. The summed E-state index contributed by atoms with van der Waals surface area (Å²) in [6.07, 6.45) is 0. The molecule has 1 aromatic carbocycles. The van der Waals surface area contributed by atoms with Crippen molar-refractivity contribution in [3.8, 4) is 11.5 Å². The van der Waals surface area contributed by atoms with Crippen LogP contribution in [0.1, 0.15) is 5.69 Å². The Hall–Kier alpha value is -2.76. The van der Waals surface area contributed by atoms with E-state index in [2.05, 4.69) is 10.3 Å². The molecule has 0 saturated heterocycles. The number of para-hydroxylation sites is 2. The number of nitrogen functional groups attached to an aromatic ring is 1. The number of hydrogen-bond donors (Lipinski definition) is 2. The maximum Gasteiger partial charge on any atom is 0.262 e. The summed E-state index contributed by atoms with van der Waals surface area (Å²) in [5, 5.41) is 2.72. The highest BCUT2D eigenvalue weighted by molar-refractivity contribution is 5.92. The molecule has 6 heteroatoms. The maximum atomic E-state index is 11.9. The van der Waals surface area contributed by atoms with Gasteiger partial charge in [0.1, 0.15) is 5.82 Å². The molecule has 110 valence electrons. The zero-order valence-corrected chi connectivity index (χ0v) is 11.9. The SMILES string of the molecule is COc1ccccc1OCC(=O)Nc1ccc(N)nc1C. The highest BCUT2D eigenvalue weighted by Crippen LogP contribution is 2.25. The number of benzene rings is 1. The van der Waals surface area contributed by atoms with Crippen LogP contribution in [0.5, 0.6) is 11.5 Å². The van der Waals surface area contributed by atoms with Crippen molar-refractivity contribution in [2.75, 3.05) is 24.8 Å². The number of nitrogens with zero attached hydrogens (tertiary/aromatic N) is 1. The van der Waals surface area contributed by atoms with Crippen molar-refractivity contribution in [3.63, 3.8) is 0 Å². The van der Waals surface area contributed by atoms with E-state index in [1.165, 1.54) is 0 Å². The number of nitrogens with one attached hydrogen (secondary N) is 1. The number of pyridine rings is 1. The van der Waals surface area contributed by atoms with Crippen molar-refractivity contribution in [1.82, 2.24) is 4.98 Å². The van der Waals surface area contributed by atoms with E-state index in [4.69, 9.17) is 15.2 Å². The standard InChI is InChI=1S/C15H17N3O3/c1-10-11(7-8-14(16)17-10)18-15(19)9-21-13-6-4-3-5-12(13)20-2/h3-8H,9H2,1-2H3,(H2,16,17)(H,18,19). The van der Waals surface area contributed by atoms with E-state index in [9.17, 15) is 4.79 Å². The number of carbonyl (C=O) groups is 1. The van der Waals surface area contributed by atoms with Crippen molar-refractivity contribution in [1.29, 1.82) is 0 Å². The Kier molecular flexibility index (Phi) is 4.61. The molecule has 2 aromatic rings. The van der Waals surface area contributed by atoms with Gasteiger partial charge in [0.2, 0.25) is 0 Å². The molecule has 21 heavy (non-hydrogen) atoms. The lowest BCUT2D eigenvalue weighted by atomic mass is 10.3.